The van der Waals surface area contributed by atoms with Crippen LogP contribution in [0, 0.1) is 0 Å². The second kappa shape index (κ2) is 12.5. The fraction of sp³-hybridized carbons (Fsp3) is 0.0727. The highest BCUT2D eigenvalue weighted by molar-refractivity contribution is 6.10. The molecule has 0 aliphatic heterocycles. The van der Waals surface area contributed by atoms with E-state index in [9.17, 15) is 0 Å². The van der Waals surface area contributed by atoms with Gasteiger partial charge in [0.1, 0.15) is 11.2 Å². The van der Waals surface area contributed by atoms with E-state index in [-0.39, 0.29) is 5.41 Å². The first-order chi connectivity index (χ1) is 29.0. The number of hydrogen-bond acceptors (Lipinski definition) is 4. The lowest BCUT2D eigenvalue weighted by molar-refractivity contribution is 0.562. The summed E-state index contributed by atoms with van der Waals surface area (Å²) >= 11 is 0. The molecule has 1 spiro atoms. The predicted molar refractivity (Wildman–Crippen MR) is 238 cm³/mol. The van der Waals surface area contributed by atoms with E-state index < -0.39 is 5.41 Å². The van der Waals surface area contributed by atoms with Gasteiger partial charge in [-0.15, -0.1) is 0 Å². The second-order valence-corrected chi connectivity index (χ2v) is 16.3. The highest BCUT2D eigenvalue weighted by Crippen LogP contribution is 2.62. The number of para-hydroxylation sites is 1. The van der Waals surface area contributed by atoms with Crippen LogP contribution in [-0.2, 0) is 10.8 Å². The molecule has 0 bridgehead atoms. The van der Waals surface area contributed by atoms with Crippen LogP contribution in [0.25, 0.3) is 78.4 Å². The number of benzene rings is 8. The molecular formula is C55H37N3O. The van der Waals surface area contributed by atoms with E-state index in [0.29, 0.717) is 17.5 Å². The summed E-state index contributed by atoms with van der Waals surface area (Å²) in [5, 5.41) is 2.10. The van der Waals surface area contributed by atoms with E-state index in [1.54, 1.807) is 0 Å². The van der Waals surface area contributed by atoms with Crippen LogP contribution in [0.3, 0.4) is 0 Å². The number of hydrogen-bond donors (Lipinski definition) is 0. The van der Waals surface area contributed by atoms with E-state index in [1.165, 1.54) is 44.5 Å². The van der Waals surface area contributed by atoms with Crippen LogP contribution in [0.5, 0.6) is 0 Å². The lowest BCUT2D eigenvalue weighted by Gasteiger charge is -2.46. The molecule has 0 atom stereocenters. The SMILES string of the molecule is CC1(C)c2ccccc2C2(c3ccccc3-c3ccccc32)c2cc3c(cc21)oc1c(-c2nc(-c4ccccc4)nc(-c4ccc(-c5ccccc5)cc4)n2)cccc13. The average Bonchev–Trinajstić information content (AvgIpc) is 3.82. The summed E-state index contributed by atoms with van der Waals surface area (Å²) in [6, 6.07) is 67.1. The Balaban J connectivity index is 1.09. The Hall–Kier alpha value is -7.43. The van der Waals surface area contributed by atoms with E-state index in [0.717, 1.165) is 49.8 Å². The fourth-order valence-electron chi connectivity index (χ4n) is 10.1. The van der Waals surface area contributed by atoms with Crippen LogP contribution in [0.15, 0.2) is 192 Å². The van der Waals surface area contributed by atoms with Crippen LogP contribution in [0.1, 0.15) is 47.2 Å². The molecule has 0 unspecified atom stereocenters. The van der Waals surface area contributed by atoms with Crippen molar-refractivity contribution in [2.24, 2.45) is 0 Å². The maximum absolute atomic E-state index is 7.03. The first-order valence-corrected chi connectivity index (χ1v) is 20.3. The molecule has 0 radical (unpaired) electrons. The molecule has 0 amide bonds. The molecule has 0 saturated carbocycles. The lowest BCUT2D eigenvalue weighted by Crippen LogP contribution is -2.40. The second-order valence-electron chi connectivity index (χ2n) is 16.3. The number of rotatable bonds is 4. The highest BCUT2D eigenvalue weighted by atomic mass is 16.3. The average molecular weight is 756 g/mol. The number of fused-ring (bicyclic) bond motifs is 12. The number of nitrogens with zero attached hydrogens (tertiary/aromatic N) is 3. The van der Waals surface area contributed by atoms with Crippen LogP contribution < -0.4 is 0 Å². The molecular weight excluding hydrogens is 719 g/mol. The van der Waals surface area contributed by atoms with E-state index in [2.05, 4.69) is 166 Å². The Morgan fingerprint density at radius 3 is 1.51 bits per heavy atom. The Labute approximate surface area is 342 Å². The maximum atomic E-state index is 7.03. The standard InChI is InChI=1S/C55H37N3O/c1-54(2)45-26-13-14-27-46(45)55(43-24-11-9-20-38(43)39-21-10-12-25-44(39)55)48-32-42-40-22-15-23-41(50(40)59-49(42)33-47(48)54)53-57-51(36-18-7-4-8-19-36)56-52(58-53)37-30-28-35(29-31-37)34-16-5-3-6-17-34/h3-33H,1-2H3. The summed E-state index contributed by atoms with van der Waals surface area (Å²) in [5.74, 6) is 1.79. The molecule has 4 nitrogen and oxygen atoms in total. The molecule has 12 rings (SSSR count). The fourth-order valence-corrected chi connectivity index (χ4v) is 10.1. The van der Waals surface area contributed by atoms with Crippen LogP contribution in [0.2, 0.25) is 0 Å². The van der Waals surface area contributed by atoms with Crippen molar-refractivity contribution in [1.29, 1.82) is 0 Å². The molecule has 0 saturated heterocycles. The van der Waals surface area contributed by atoms with Gasteiger partial charge in [0.05, 0.1) is 11.0 Å². The smallest absolute Gasteiger partial charge is 0.167 e. The Bertz CT molecular complexity index is 3240. The minimum atomic E-state index is -0.492. The van der Waals surface area contributed by atoms with Gasteiger partial charge in [-0.2, -0.15) is 0 Å². The lowest BCUT2D eigenvalue weighted by atomic mass is 9.55. The van der Waals surface area contributed by atoms with Crippen molar-refractivity contribution in [2.45, 2.75) is 24.7 Å². The van der Waals surface area contributed by atoms with Gasteiger partial charge < -0.3 is 4.42 Å². The number of aromatic nitrogens is 3. The molecule has 2 aliphatic rings. The third-order valence-electron chi connectivity index (χ3n) is 12.8. The van der Waals surface area contributed by atoms with Gasteiger partial charge in [-0.25, -0.2) is 15.0 Å². The summed E-state index contributed by atoms with van der Waals surface area (Å²) < 4.78 is 7.03. The number of furan rings is 1. The van der Waals surface area contributed by atoms with Gasteiger partial charge in [-0.05, 0) is 73.8 Å². The van der Waals surface area contributed by atoms with Crippen LogP contribution in [0.4, 0.5) is 0 Å². The minimum Gasteiger partial charge on any atom is -0.455 e. The zero-order valence-electron chi connectivity index (χ0n) is 32.6. The van der Waals surface area contributed by atoms with Gasteiger partial charge in [-0.1, -0.05) is 184 Å². The van der Waals surface area contributed by atoms with E-state index in [1.807, 2.05) is 36.4 Å². The van der Waals surface area contributed by atoms with Crippen molar-refractivity contribution in [3.8, 4) is 56.4 Å². The minimum absolute atomic E-state index is 0.288. The molecule has 0 fully saturated rings. The molecule has 2 aliphatic carbocycles. The van der Waals surface area contributed by atoms with Crippen LogP contribution in [-0.4, -0.2) is 15.0 Å². The molecule has 4 heteroatoms. The molecule has 2 heterocycles. The van der Waals surface area contributed by atoms with E-state index >= 15 is 0 Å². The van der Waals surface area contributed by atoms with Gasteiger partial charge in [0, 0.05) is 27.3 Å². The van der Waals surface area contributed by atoms with Crippen molar-refractivity contribution in [1.82, 2.24) is 15.0 Å². The first-order valence-electron chi connectivity index (χ1n) is 20.3. The first kappa shape index (κ1) is 33.7. The highest BCUT2D eigenvalue weighted by Gasteiger charge is 2.53. The topological polar surface area (TPSA) is 51.8 Å². The van der Waals surface area contributed by atoms with Crippen molar-refractivity contribution in [3.63, 3.8) is 0 Å². The summed E-state index contributed by atoms with van der Waals surface area (Å²) in [7, 11) is 0. The van der Waals surface area contributed by atoms with Crippen molar-refractivity contribution in [2.75, 3.05) is 0 Å². The third-order valence-corrected chi connectivity index (χ3v) is 12.8. The monoisotopic (exact) mass is 755 g/mol. The largest absolute Gasteiger partial charge is 0.455 e. The maximum Gasteiger partial charge on any atom is 0.167 e. The van der Waals surface area contributed by atoms with Gasteiger partial charge >= 0.3 is 0 Å². The van der Waals surface area contributed by atoms with Crippen LogP contribution >= 0.6 is 0 Å². The van der Waals surface area contributed by atoms with E-state index in [4.69, 9.17) is 19.4 Å². The molecule has 8 aromatic carbocycles. The van der Waals surface area contributed by atoms with Gasteiger partial charge in [-0.3, -0.25) is 0 Å². The van der Waals surface area contributed by atoms with Gasteiger partial charge in [0.25, 0.3) is 0 Å². The molecule has 278 valence electrons. The summed E-state index contributed by atoms with van der Waals surface area (Å²) in [6.07, 6.45) is 0. The quantitative estimate of drug-likeness (QED) is 0.179. The molecule has 59 heavy (non-hydrogen) atoms. The molecule has 2 aromatic heterocycles. The van der Waals surface area contributed by atoms with Crippen molar-refractivity contribution in [3.05, 3.63) is 221 Å². The Morgan fingerprint density at radius 2 is 0.847 bits per heavy atom. The summed E-state index contributed by atoms with van der Waals surface area (Å²) in [6.45, 7) is 4.71. The summed E-state index contributed by atoms with van der Waals surface area (Å²) in [4.78, 5) is 15.4. The zero-order chi connectivity index (χ0) is 39.3. The molecule has 10 aromatic rings. The third kappa shape index (κ3) is 4.80. The normalized spacial score (nSPS) is 14.2. The van der Waals surface area contributed by atoms with Crippen molar-refractivity contribution < 1.29 is 4.42 Å². The van der Waals surface area contributed by atoms with Gasteiger partial charge in [0.2, 0.25) is 0 Å². The Morgan fingerprint density at radius 1 is 0.356 bits per heavy atom. The predicted octanol–water partition coefficient (Wildman–Crippen LogP) is 13.4. The van der Waals surface area contributed by atoms with Crippen molar-refractivity contribution >= 4 is 21.9 Å². The Kier molecular flexibility index (Phi) is 7.16. The summed E-state index contributed by atoms with van der Waals surface area (Å²) in [5.41, 5.74) is 16.3. The zero-order valence-corrected chi connectivity index (χ0v) is 32.6. The molecule has 0 N–H and O–H groups in total. The van der Waals surface area contributed by atoms with Gasteiger partial charge in [0.15, 0.2) is 17.5 Å².